The molecule has 1 fully saturated rings. The number of hydrogen-bond donors (Lipinski definition) is 3. The minimum atomic E-state index is 0.0134. The molecule has 5 rings (SSSR count). The number of amides is 1. The lowest BCUT2D eigenvalue weighted by Gasteiger charge is -2.33. The summed E-state index contributed by atoms with van der Waals surface area (Å²) in [6.45, 7) is 0.700. The Morgan fingerprint density at radius 1 is 1.18 bits per heavy atom. The summed E-state index contributed by atoms with van der Waals surface area (Å²) in [4.78, 5) is 26.3. The van der Waals surface area contributed by atoms with Gasteiger partial charge < -0.3 is 21.1 Å². The van der Waals surface area contributed by atoms with E-state index in [1.165, 1.54) is 11.8 Å². The van der Waals surface area contributed by atoms with Crippen LogP contribution in [0.5, 0.6) is 5.88 Å². The summed E-state index contributed by atoms with van der Waals surface area (Å²) in [6, 6.07) is 10.4. The monoisotopic (exact) mass is 478 g/mol. The second-order valence-corrected chi connectivity index (χ2v) is 10.1. The van der Waals surface area contributed by atoms with Gasteiger partial charge in [0, 0.05) is 30.9 Å². The van der Waals surface area contributed by atoms with Gasteiger partial charge in [0.2, 0.25) is 11.8 Å². The Kier molecular flexibility index (Phi) is 6.94. The van der Waals surface area contributed by atoms with Crippen LogP contribution in [0.1, 0.15) is 36.9 Å². The van der Waals surface area contributed by atoms with Crippen molar-refractivity contribution in [2.45, 2.75) is 55.6 Å². The number of nitrogens with zero attached hydrogens (tertiary/aromatic N) is 3. The molecule has 0 spiro atoms. The quantitative estimate of drug-likeness (QED) is 0.474. The van der Waals surface area contributed by atoms with Crippen LogP contribution in [0.15, 0.2) is 41.4 Å². The predicted molar refractivity (Wildman–Crippen MR) is 134 cm³/mol. The summed E-state index contributed by atoms with van der Waals surface area (Å²) >= 11 is 1.54. The third-order valence-corrected chi connectivity index (χ3v) is 7.84. The Labute approximate surface area is 203 Å². The number of ether oxygens (including phenoxy) is 1. The highest BCUT2D eigenvalue weighted by atomic mass is 32.2. The number of fused-ring (bicyclic) bond motifs is 2. The van der Waals surface area contributed by atoms with Gasteiger partial charge in [-0.3, -0.25) is 9.78 Å². The lowest BCUT2D eigenvalue weighted by molar-refractivity contribution is -0.113. The first-order valence-electron chi connectivity index (χ1n) is 11.8. The molecule has 1 saturated carbocycles. The fourth-order valence-corrected chi connectivity index (χ4v) is 5.62. The normalized spacial score (nSPS) is 21.1. The second kappa shape index (κ2) is 10.2. The maximum absolute atomic E-state index is 11.6. The van der Waals surface area contributed by atoms with Gasteiger partial charge in [0.15, 0.2) is 0 Å². The fourth-order valence-electron chi connectivity index (χ4n) is 4.86. The summed E-state index contributed by atoms with van der Waals surface area (Å²) in [6.07, 6.45) is 7.01. The molecule has 3 aromatic heterocycles. The highest BCUT2D eigenvalue weighted by Gasteiger charge is 2.26. The number of nitrogens with two attached hydrogens (primary N) is 1. The molecule has 3 aromatic rings. The first kappa shape index (κ1) is 23.0. The van der Waals surface area contributed by atoms with E-state index in [0.717, 1.165) is 59.3 Å². The molecule has 0 aromatic carbocycles. The number of rotatable bonds is 7. The molecule has 0 bridgehead atoms. The van der Waals surface area contributed by atoms with Crippen LogP contribution in [0, 0.1) is 5.92 Å². The molecule has 34 heavy (non-hydrogen) atoms. The van der Waals surface area contributed by atoms with E-state index in [9.17, 15) is 4.79 Å². The molecule has 4 N–H and O–H groups in total. The highest BCUT2D eigenvalue weighted by molar-refractivity contribution is 8.00. The molecule has 4 heterocycles. The van der Waals surface area contributed by atoms with Gasteiger partial charge in [-0.15, -0.1) is 11.8 Å². The number of anilines is 1. The van der Waals surface area contributed by atoms with Crippen LogP contribution >= 0.6 is 11.8 Å². The van der Waals surface area contributed by atoms with Gasteiger partial charge in [-0.2, -0.15) is 0 Å². The Balaban J connectivity index is 1.14. The maximum atomic E-state index is 11.6. The summed E-state index contributed by atoms with van der Waals surface area (Å²) in [5.41, 5.74) is 10.5. The molecule has 1 aliphatic heterocycles. The zero-order valence-corrected chi connectivity index (χ0v) is 20.1. The van der Waals surface area contributed by atoms with Crippen LogP contribution in [0.25, 0.3) is 11.0 Å². The first-order valence-corrected chi connectivity index (χ1v) is 12.8. The van der Waals surface area contributed by atoms with Crippen molar-refractivity contribution in [1.82, 2.24) is 20.3 Å². The summed E-state index contributed by atoms with van der Waals surface area (Å²) in [5, 5.41) is 6.51. The van der Waals surface area contributed by atoms with E-state index in [1.807, 2.05) is 36.5 Å². The Morgan fingerprint density at radius 2 is 2.03 bits per heavy atom. The second-order valence-electron chi connectivity index (χ2n) is 9.04. The number of carbonyl (C=O) groups excluding carboxylic acids is 1. The van der Waals surface area contributed by atoms with E-state index < -0.39 is 0 Å². The van der Waals surface area contributed by atoms with E-state index in [2.05, 4.69) is 25.6 Å². The van der Waals surface area contributed by atoms with E-state index in [0.29, 0.717) is 36.0 Å². The van der Waals surface area contributed by atoms with Gasteiger partial charge in [0.05, 0.1) is 34.5 Å². The lowest BCUT2D eigenvalue weighted by Crippen LogP contribution is -2.39. The Bertz CT molecular complexity index is 1180. The molecule has 1 aliphatic carbocycles. The van der Waals surface area contributed by atoms with Crippen molar-refractivity contribution in [3.05, 3.63) is 47.8 Å². The number of nitrogens with one attached hydrogen (secondary N) is 2. The van der Waals surface area contributed by atoms with Crippen molar-refractivity contribution in [2.24, 2.45) is 11.7 Å². The smallest absolute Gasteiger partial charge is 0.235 e. The van der Waals surface area contributed by atoms with Crippen molar-refractivity contribution in [3.63, 3.8) is 0 Å². The number of methoxy groups -OCH3 is 1. The van der Waals surface area contributed by atoms with Gasteiger partial charge in [-0.25, -0.2) is 9.97 Å². The lowest BCUT2D eigenvalue weighted by atomic mass is 9.80. The van der Waals surface area contributed by atoms with Gasteiger partial charge in [-0.1, -0.05) is 0 Å². The molecule has 0 unspecified atom stereocenters. The summed E-state index contributed by atoms with van der Waals surface area (Å²) < 4.78 is 5.30. The highest BCUT2D eigenvalue weighted by Crippen LogP contribution is 2.31. The van der Waals surface area contributed by atoms with Gasteiger partial charge in [-0.05, 0) is 67.9 Å². The number of pyridine rings is 3. The topological polar surface area (TPSA) is 115 Å². The minimum absolute atomic E-state index is 0.0134. The molecule has 9 heteroatoms. The molecule has 8 nitrogen and oxygen atoms in total. The number of aromatic nitrogens is 3. The third-order valence-electron chi connectivity index (χ3n) is 6.79. The van der Waals surface area contributed by atoms with Crippen LogP contribution in [0.2, 0.25) is 0 Å². The van der Waals surface area contributed by atoms with Gasteiger partial charge in [0.25, 0.3) is 0 Å². The van der Waals surface area contributed by atoms with Crippen LogP contribution in [-0.4, -0.2) is 45.8 Å². The van der Waals surface area contributed by atoms with Gasteiger partial charge in [0.1, 0.15) is 5.82 Å². The molecular weight excluding hydrogens is 448 g/mol. The number of thioether (sulfide) groups is 1. The average Bonchev–Trinajstić information content (AvgIpc) is 2.87. The largest absolute Gasteiger partial charge is 0.481 e. The minimum Gasteiger partial charge on any atom is -0.481 e. The molecule has 1 atom stereocenters. The van der Waals surface area contributed by atoms with Crippen molar-refractivity contribution in [1.29, 1.82) is 0 Å². The van der Waals surface area contributed by atoms with E-state index in [-0.39, 0.29) is 11.9 Å². The van der Waals surface area contributed by atoms with E-state index >= 15 is 0 Å². The molecule has 0 radical (unpaired) electrons. The van der Waals surface area contributed by atoms with Crippen molar-refractivity contribution < 1.29 is 9.53 Å². The Morgan fingerprint density at radius 3 is 2.85 bits per heavy atom. The number of hydrogen-bond acceptors (Lipinski definition) is 8. The van der Waals surface area contributed by atoms with Gasteiger partial charge >= 0.3 is 0 Å². The predicted octanol–water partition coefficient (Wildman–Crippen LogP) is 3.30. The SMILES string of the molecule is COc1ccc2nccc(C[C@H](N)[C@H]3CC[C@H](NCc4ccc5c(n4)NC(=O)CS5)CC3)c2n1. The zero-order valence-electron chi connectivity index (χ0n) is 19.3. The fraction of sp³-hybridized carbons (Fsp3) is 0.440. The van der Waals surface area contributed by atoms with E-state index in [4.69, 9.17) is 10.5 Å². The average molecular weight is 479 g/mol. The summed E-state index contributed by atoms with van der Waals surface area (Å²) in [5.74, 6) is 2.24. The molecule has 178 valence electrons. The van der Waals surface area contributed by atoms with Crippen LogP contribution in [0.4, 0.5) is 5.82 Å². The van der Waals surface area contributed by atoms with E-state index in [1.54, 1.807) is 7.11 Å². The standard InChI is InChI=1S/C25H30N6O2S/c1-33-23-9-7-20-24(31-23)16(10-11-27-20)12-19(26)15-2-4-17(5-3-15)28-13-18-6-8-21-25(29-18)30-22(32)14-34-21/h6-11,15,17,19,28H,2-5,12-14,26H2,1H3,(H,29,30,32)/t15-,17-,19-/m0/s1. The van der Waals surface area contributed by atoms with Crippen LogP contribution < -0.4 is 21.1 Å². The third kappa shape index (κ3) is 5.16. The van der Waals surface area contributed by atoms with Crippen molar-refractivity contribution in [2.75, 3.05) is 18.2 Å². The van der Waals surface area contributed by atoms with Crippen LogP contribution in [-0.2, 0) is 17.8 Å². The summed E-state index contributed by atoms with van der Waals surface area (Å²) in [7, 11) is 1.63. The molecule has 0 saturated heterocycles. The van der Waals surface area contributed by atoms with Crippen LogP contribution in [0.3, 0.4) is 0 Å². The van der Waals surface area contributed by atoms with Crippen molar-refractivity contribution in [3.8, 4) is 5.88 Å². The zero-order chi connectivity index (χ0) is 23.5. The van der Waals surface area contributed by atoms with Crippen molar-refractivity contribution >= 4 is 34.5 Å². The number of carbonyl (C=O) groups is 1. The molecule has 1 amide bonds. The Hall–Kier alpha value is -2.75. The molecule has 2 aliphatic rings. The molecular formula is C25H30N6O2S. The first-order chi connectivity index (χ1) is 16.6. The maximum Gasteiger partial charge on any atom is 0.235 e.